The molecule has 1 rings (SSSR count). The molecule has 2 unspecified atom stereocenters. The van der Waals surface area contributed by atoms with E-state index in [1.165, 1.54) is 6.08 Å². The van der Waals surface area contributed by atoms with Crippen molar-refractivity contribution in [2.75, 3.05) is 33.0 Å². The normalized spacial score (nSPS) is 21.2. The molecule has 0 radical (unpaired) electrons. The van der Waals surface area contributed by atoms with Crippen LogP contribution in [0, 0.1) is 11.8 Å². The van der Waals surface area contributed by atoms with Crippen molar-refractivity contribution >= 4 is 5.97 Å². The van der Waals surface area contributed by atoms with Crippen molar-refractivity contribution in [3.05, 3.63) is 24.5 Å². The van der Waals surface area contributed by atoms with Gasteiger partial charge >= 0.3 is 5.97 Å². The minimum atomic E-state index is -0.504. The van der Waals surface area contributed by atoms with Crippen molar-refractivity contribution in [1.82, 2.24) is 0 Å². The van der Waals surface area contributed by atoms with Gasteiger partial charge in [-0.2, -0.15) is 0 Å². The summed E-state index contributed by atoms with van der Waals surface area (Å²) >= 11 is 0. The van der Waals surface area contributed by atoms with Gasteiger partial charge in [0.2, 0.25) is 12.0 Å². The maximum Gasteiger partial charge on any atom is 0.373 e. The molecule has 2 atom stereocenters. The van der Waals surface area contributed by atoms with Gasteiger partial charge in [0, 0.05) is 6.42 Å². The molecule has 126 valence electrons. The van der Waals surface area contributed by atoms with Gasteiger partial charge in [-0.05, 0) is 17.9 Å². The number of esters is 1. The van der Waals surface area contributed by atoms with E-state index in [0.717, 1.165) is 0 Å². The molecule has 0 saturated carbocycles. The fraction of sp³-hybridized carbons (Fsp3) is 0.688. The summed E-state index contributed by atoms with van der Waals surface area (Å²) in [5.41, 5.74) is 0. The average Bonchev–Trinajstić information content (AvgIpc) is 2.52. The summed E-state index contributed by atoms with van der Waals surface area (Å²) in [6.45, 7) is 8.79. The maximum absolute atomic E-state index is 11.9. The molecule has 1 heterocycles. The fourth-order valence-corrected chi connectivity index (χ4v) is 2.01. The first-order valence-electron chi connectivity index (χ1n) is 7.55. The highest BCUT2D eigenvalue weighted by Gasteiger charge is 2.29. The van der Waals surface area contributed by atoms with Gasteiger partial charge in [0.25, 0.3) is 0 Å². The van der Waals surface area contributed by atoms with Crippen LogP contribution in [0.3, 0.4) is 0 Å². The second-order valence-corrected chi connectivity index (χ2v) is 5.32. The largest absolute Gasteiger partial charge is 0.458 e. The number of carbonyl (C=O) groups is 1. The van der Waals surface area contributed by atoms with E-state index in [0.29, 0.717) is 25.6 Å². The SMILES string of the molecule is C=CCOC(=O)C1=CC(C(C)C)CC(OCCOCCO)O1. The van der Waals surface area contributed by atoms with Gasteiger partial charge in [0.1, 0.15) is 6.61 Å². The topological polar surface area (TPSA) is 74.2 Å². The Hall–Kier alpha value is -1.37. The van der Waals surface area contributed by atoms with Crippen molar-refractivity contribution in [3.8, 4) is 0 Å². The molecule has 0 saturated heterocycles. The second-order valence-electron chi connectivity index (χ2n) is 5.32. The number of aliphatic hydroxyl groups is 1. The Morgan fingerprint density at radius 3 is 2.91 bits per heavy atom. The van der Waals surface area contributed by atoms with E-state index < -0.39 is 12.3 Å². The summed E-state index contributed by atoms with van der Waals surface area (Å²) in [6.07, 6.45) is 3.49. The molecular weight excluding hydrogens is 288 g/mol. The van der Waals surface area contributed by atoms with Crippen LogP contribution in [0.5, 0.6) is 0 Å². The van der Waals surface area contributed by atoms with Crippen LogP contribution in [0.2, 0.25) is 0 Å². The van der Waals surface area contributed by atoms with Crippen molar-refractivity contribution < 1.29 is 28.8 Å². The van der Waals surface area contributed by atoms with E-state index in [1.807, 2.05) is 0 Å². The van der Waals surface area contributed by atoms with Gasteiger partial charge in [-0.3, -0.25) is 0 Å². The van der Waals surface area contributed by atoms with Gasteiger partial charge in [0.15, 0.2) is 0 Å². The minimum Gasteiger partial charge on any atom is -0.458 e. The molecule has 0 spiro atoms. The lowest BCUT2D eigenvalue weighted by Gasteiger charge is -2.30. The predicted molar refractivity (Wildman–Crippen MR) is 80.9 cm³/mol. The van der Waals surface area contributed by atoms with Crippen LogP contribution in [0.15, 0.2) is 24.5 Å². The molecule has 0 bridgehead atoms. The molecule has 0 aliphatic carbocycles. The Morgan fingerprint density at radius 1 is 1.50 bits per heavy atom. The van der Waals surface area contributed by atoms with E-state index >= 15 is 0 Å². The summed E-state index contributed by atoms with van der Waals surface area (Å²) in [5, 5.41) is 8.62. The average molecular weight is 314 g/mol. The molecule has 6 heteroatoms. The highest BCUT2D eigenvalue weighted by molar-refractivity contribution is 5.86. The Morgan fingerprint density at radius 2 is 2.27 bits per heavy atom. The number of ether oxygens (including phenoxy) is 4. The number of hydrogen-bond acceptors (Lipinski definition) is 6. The van der Waals surface area contributed by atoms with Gasteiger partial charge in [0.05, 0.1) is 26.4 Å². The molecule has 1 N–H and O–H groups in total. The molecule has 1 aliphatic heterocycles. The number of rotatable bonds is 10. The number of allylic oxidation sites excluding steroid dienone is 1. The van der Waals surface area contributed by atoms with Crippen LogP contribution >= 0.6 is 0 Å². The minimum absolute atomic E-state index is 0.0165. The summed E-state index contributed by atoms with van der Waals surface area (Å²) in [4.78, 5) is 11.9. The number of carbonyl (C=O) groups excluding carboxylic acids is 1. The van der Waals surface area contributed by atoms with Crippen molar-refractivity contribution in [3.63, 3.8) is 0 Å². The highest BCUT2D eigenvalue weighted by Crippen LogP contribution is 2.29. The molecule has 1 aliphatic rings. The number of aliphatic hydroxyl groups excluding tert-OH is 1. The van der Waals surface area contributed by atoms with Crippen LogP contribution in [0.4, 0.5) is 0 Å². The van der Waals surface area contributed by atoms with Crippen LogP contribution in [-0.2, 0) is 23.7 Å². The second kappa shape index (κ2) is 10.4. The summed E-state index contributed by atoms with van der Waals surface area (Å²) in [6, 6.07) is 0. The first kappa shape index (κ1) is 18.7. The van der Waals surface area contributed by atoms with Crippen molar-refractivity contribution in [2.24, 2.45) is 11.8 Å². The molecule has 0 fully saturated rings. The maximum atomic E-state index is 11.9. The predicted octanol–water partition coefficient (Wildman–Crippen LogP) is 1.64. The summed E-state index contributed by atoms with van der Waals surface area (Å²) < 4.78 is 21.3. The molecule has 22 heavy (non-hydrogen) atoms. The van der Waals surface area contributed by atoms with Gasteiger partial charge in [-0.1, -0.05) is 26.5 Å². The van der Waals surface area contributed by atoms with Crippen LogP contribution < -0.4 is 0 Å². The van der Waals surface area contributed by atoms with E-state index in [-0.39, 0.29) is 31.5 Å². The van der Waals surface area contributed by atoms with Gasteiger partial charge in [-0.15, -0.1) is 0 Å². The van der Waals surface area contributed by atoms with Gasteiger partial charge in [-0.25, -0.2) is 4.79 Å². The Balaban J connectivity index is 2.53. The quantitative estimate of drug-likeness (QED) is 0.375. The molecule has 0 amide bonds. The lowest BCUT2D eigenvalue weighted by atomic mass is 9.90. The Labute approximate surface area is 131 Å². The fourth-order valence-electron chi connectivity index (χ4n) is 2.01. The zero-order valence-electron chi connectivity index (χ0n) is 13.3. The van der Waals surface area contributed by atoms with E-state index in [9.17, 15) is 4.79 Å². The number of hydrogen-bond donors (Lipinski definition) is 1. The van der Waals surface area contributed by atoms with Crippen LogP contribution in [0.25, 0.3) is 0 Å². The summed E-state index contributed by atoms with van der Waals surface area (Å²) in [7, 11) is 0. The van der Waals surface area contributed by atoms with E-state index in [1.54, 1.807) is 6.08 Å². The van der Waals surface area contributed by atoms with E-state index in [4.69, 9.17) is 24.1 Å². The van der Waals surface area contributed by atoms with E-state index in [2.05, 4.69) is 20.4 Å². The third-order valence-corrected chi connectivity index (χ3v) is 3.25. The highest BCUT2D eigenvalue weighted by atomic mass is 16.7. The Bertz CT molecular complexity index is 377. The summed E-state index contributed by atoms with van der Waals surface area (Å²) in [5.74, 6) is 0.231. The standard InChI is InChI=1S/C16H26O6/c1-4-6-21-16(18)14-10-13(12(2)3)11-15(22-14)20-9-8-19-7-5-17/h4,10,12-13,15,17H,1,5-9,11H2,2-3H3. The van der Waals surface area contributed by atoms with Crippen LogP contribution in [0.1, 0.15) is 20.3 Å². The molecule has 0 aromatic rings. The first-order chi connectivity index (χ1) is 10.6. The van der Waals surface area contributed by atoms with Crippen molar-refractivity contribution in [2.45, 2.75) is 26.6 Å². The lowest BCUT2D eigenvalue weighted by molar-refractivity contribution is -0.166. The molecular formula is C16H26O6. The molecule has 0 aromatic carbocycles. The first-order valence-corrected chi connectivity index (χ1v) is 7.55. The zero-order chi connectivity index (χ0) is 16.4. The molecule has 6 nitrogen and oxygen atoms in total. The third kappa shape index (κ3) is 6.60. The molecule has 0 aromatic heterocycles. The lowest BCUT2D eigenvalue weighted by Crippen LogP contribution is -2.31. The Kier molecular flexibility index (Phi) is 8.81. The monoisotopic (exact) mass is 314 g/mol. The third-order valence-electron chi connectivity index (χ3n) is 3.25. The zero-order valence-corrected chi connectivity index (χ0v) is 13.3. The van der Waals surface area contributed by atoms with Gasteiger partial charge < -0.3 is 24.1 Å². The van der Waals surface area contributed by atoms with Crippen molar-refractivity contribution in [1.29, 1.82) is 0 Å². The van der Waals surface area contributed by atoms with Crippen LogP contribution in [-0.4, -0.2) is 50.4 Å². The smallest absolute Gasteiger partial charge is 0.373 e.